The van der Waals surface area contributed by atoms with Crippen molar-refractivity contribution in [2.75, 3.05) is 0 Å². The molecule has 4 rings (SSSR count). The van der Waals surface area contributed by atoms with E-state index in [1.54, 1.807) is 0 Å². The van der Waals surface area contributed by atoms with Crippen LogP contribution in [0.4, 0.5) is 0 Å². The van der Waals surface area contributed by atoms with Gasteiger partial charge >= 0.3 is 0 Å². The molecule has 0 spiro atoms. The Hall–Kier alpha value is -1.89. The van der Waals surface area contributed by atoms with Crippen LogP contribution < -0.4 is 0 Å². The minimum atomic E-state index is 0.314. The average Bonchev–Trinajstić information content (AvgIpc) is 2.37. The zero-order chi connectivity index (χ0) is 11.4. The molecule has 0 N–H and O–H groups in total. The Morgan fingerprint density at radius 1 is 1.12 bits per heavy atom. The first kappa shape index (κ1) is 9.17. The molecule has 17 heavy (non-hydrogen) atoms. The molecule has 4 aliphatic rings. The van der Waals surface area contributed by atoms with Crippen LogP contribution in [0.2, 0.25) is 0 Å². The summed E-state index contributed by atoms with van der Waals surface area (Å²) in [7, 11) is 0. The smallest absolute Gasteiger partial charge is 0.163 e. The molecule has 0 aromatic rings. The van der Waals surface area contributed by atoms with Gasteiger partial charge in [-0.25, -0.2) is 0 Å². The van der Waals surface area contributed by atoms with Gasteiger partial charge in [0.15, 0.2) is 5.78 Å². The highest BCUT2D eigenvalue weighted by Gasteiger charge is 2.37. The second kappa shape index (κ2) is 3.07. The van der Waals surface area contributed by atoms with E-state index in [2.05, 4.69) is 42.5 Å². The number of carbonyl (C=O) groups excluding carboxylic acids is 1. The maximum atomic E-state index is 12.2. The van der Waals surface area contributed by atoms with E-state index in [0.717, 1.165) is 12.0 Å². The van der Waals surface area contributed by atoms with Gasteiger partial charge in [-0.05, 0) is 23.1 Å². The Balaban J connectivity index is 2.04. The largest absolute Gasteiger partial charge is 0.294 e. The molecule has 0 aromatic heterocycles. The third kappa shape index (κ3) is 1.11. The van der Waals surface area contributed by atoms with Crippen molar-refractivity contribution in [2.45, 2.75) is 12.8 Å². The Labute approximate surface area is 100 Å². The summed E-state index contributed by atoms with van der Waals surface area (Å²) >= 11 is 0. The van der Waals surface area contributed by atoms with Crippen molar-refractivity contribution in [3.8, 4) is 0 Å². The van der Waals surface area contributed by atoms with Crippen LogP contribution in [0.3, 0.4) is 0 Å². The Bertz CT molecular complexity index is 618. The second-order valence-electron chi connectivity index (χ2n) is 4.92. The lowest BCUT2D eigenvalue weighted by Crippen LogP contribution is -2.27. The highest BCUT2D eigenvalue weighted by Crippen LogP contribution is 2.47. The van der Waals surface area contributed by atoms with Gasteiger partial charge in [0.05, 0.1) is 0 Å². The number of carbonyl (C=O) groups is 1. The van der Waals surface area contributed by atoms with Crippen LogP contribution in [0.1, 0.15) is 12.8 Å². The first-order chi connectivity index (χ1) is 8.34. The van der Waals surface area contributed by atoms with Crippen molar-refractivity contribution in [3.63, 3.8) is 0 Å². The lowest BCUT2D eigenvalue weighted by molar-refractivity contribution is -0.115. The summed E-state index contributed by atoms with van der Waals surface area (Å²) in [4.78, 5) is 12.2. The van der Waals surface area contributed by atoms with E-state index in [1.807, 2.05) is 0 Å². The quantitative estimate of drug-likeness (QED) is 0.612. The van der Waals surface area contributed by atoms with Gasteiger partial charge in [-0.1, -0.05) is 48.1 Å². The summed E-state index contributed by atoms with van der Waals surface area (Å²) in [6.45, 7) is 0. The number of ketones is 1. The van der Waals surface area contributed by atoms with E-state index >= 15 is 0 Å². The van der Waals surface area contributed by atoms with Gasteiger partial charge in [-0.3, -0.25) is 4.79 Å². The molecule has 4 aliphatic carbocycles. The maximum absolute atomic E-state index is 12.2. The fraction of sp³-hybridized carbons (Fsp3) is 0.188. The van der Waals surface area contributed by atoms with Crippen molar-refractivity contribution >= 4 is 5.78 Å². The first-order valence-corrected chi connectivity index (χ1v) is 6.07. The molecule has 0 heterocycles. The molecule has 1 atom stereocenters. The van der Waals surface area contributed by atoms with E-state index in [4.69, 9.17) is 0 Å². The maximum Gasteiger partial charge on any atom is 0.163 e. The molecule has 0 bridgehead atoms. The fourth-order valence-corrected chi connectivity index (χ4v) is 3.26. The molecule has 1 heteroatoms. The molecular weight excluding hydrogens is 208 g/mol. The van der Waals surface area contributed by atoms with E-state index in [-0.39, 0.29) is 0 Å². The van der Waals surface area contributed by atoms with Crippen molar-refractivity contribution in [2.24, 2.45) is 5.92 Å². The molecule has 0 amide bonds. The van der Waals surface area contributed by atoms with Crippen LogP contribution >= 0.6 is 0 Å². The lowest BCUT2D eigenvalue weighted by atomic mass is 9.66. The predicted octanol–water partition coefficient (Wildman–Crippen LogP) is 3.19. The second-order valence-corrected chi connectivity index (χ2v) is 4.92. The number of Topliss-reactive ketones (excluding diaryl/α,β-unsaturated/α-hetero) is 1. The van der Waals surface area contributed by atoms with Crippen molar-refractivity contribution in [1.82, 2.24) is 0 Å². The van der Waals surface area contributed by atoms with Crippen LogP contribution in [0.5, 0.6) is 0 Å². The molecule has 0 saturated heterocycles. The van der Waals surface area contributed by atoms with Gasteiger partial charge in [-0.2, -0.15) is 0 Å². The fourth-order valence-electron chi connectivity index (χ4n) is 3.26. The summed E-state index contributed by atoms with van der Waals surface area (Å²) in [5.41, 5.74) is 6.15. The normalized spacial score (nSPS) is 28.6. The number of allylic oxidation sites excluding steroid dienone is 12. The average molecular weight is 220 g/mol. The van der Waals surface area contributed by atoms with E-state index in [1.165, 1.54) is 22.3 Å². The lowest BCUT2D eigenvalue weighted by Gasteiger charge is -2.36. The summed E-state index contributed by atoms with van der Waals surface area (Å²) in [5.74, 6) is 0.673. The molecular formula is C16H12O. The zero-order valence-corrected chi connectivity index (χ0v) is 9.44. The number of rotatable bonds is 0. The van der Waals surface area contributed by atoms with Crippen LogP contribution in [0.25, 0.3) is 0 Å². The molecule has 0 saturated carbocycles. The molecule has 1 nitrogen and oxygen atoms in total. The Kier molecular flexibility index (Phi) is 1.66. The first-order valence-electron chi connectivity index (χ1n) is 6.07. The van der Waals surface area contributed by atoms with Gasteiger partial charge < -0.3 is 0 Å². The highest BCUT2D eigenvalue weighted by atomic mass is 16.1. The van der Waals surface area contributed by atoms with Gasteiger partial charge in [0, 0.05) is 17.9 Å². The molecule has 0 radical (unpaired) electrons. The third-order valence-corrected chi connectivity index (χ3v) is 4.00. The van der Waals surface area contributed by atoms with Crippen molar-refractivity contribution in [1.29, 1.82) is 0 Å². The highest BCUT2D eigenvalue weighted by molar-refractivity contribution is 6.02. The van der Waals surface area contributed by atoms with Crippen molar-refractivity contribution in [3.05, 3.63) is 70.4 Å². The van der Waals surface area contributed by atoms with Crippen molar-refractivity contribution < 1.29 is 4.79 Å². The van der Waals surface area contributed by atoms with Crippen LogP contribution in [0.15, 0.2) is 70.4 Å². The van der Waals surface area contributed by atoms with Gasteiger partial charge in [0.2, 0.25) is 0 Å². The van der Waals surface area contributed by atoms with E-state index < -0.39 is 0 Å². The van der Waals surface area contributed by atoms with Gasteiger partial charge in [0.25, 0.3) is 0 Å². The molecule has 0 aromatic carbocycles. The summed E-state index contributed by atoms with van der Waals surface area (Å²) < 4.78 is 0. The monoisotopic (exact) mass is 220 g/mol. The van der Waals surface area contributed by atoms with Crippen LogP contribution in [-0.2, 0) is 4.79 Å². The number of hydrogen-bond donors (Lipinski definition) is 0. The summed E-state index contributed by atoms with van der Waals surface area (Å²) in [6, 6.07) is 0. The van der Waals surface area contributed by atoms with E-state index in [9.17, 15) is 4.79 Å². The zero-order valence-electron chi connectivity index (χ0n) is 9.44. The van der Waals surface area contributed by atoms with Gasteiger partial charge in [0.1, 0.15) is 0 Å². The third-order valence-electron chi connectivity index (χ3n) is 4.00. The van der Waals surface area contributed by atoms with Crippen LogP contribution in [0, 0.1) is 5.92 Å². The summed E-state index contributed by atoms with van der Waals surface area (Å²) in [6.07, 6.45) is 16.4. The molecule has 0 aliphatic heterocycles. The SMILES string of the molecule is O=C1CC2=CC=CC3=CC=C4C=CCC1=C4C32. The Morgan fingerprint density at radius 3 is 3.00 bits per heavy atom. The minimum Gasteiger partial charge on any atom is -0.294 e. The van der Waals surface area contributed by atoms with Gasteiger partial charge in [-0.15, -0.1) is 0 Å². The standard InChI is InChI=1S/C16H12O/c17-14-9-12-5-1-3-10-7-8-11-4-2-6-13(14)16(11)15(10)12/h1-5,7-8,15H,6,9H2. The molecule has 1 unspecified atom stereocenters. The summed E-state index contributed by atoms with van der Waals surface area (Å²) in [5, 5.41) is 0. The number of hydrogen-bond acceptors (Lipinski definition) is 1. The Morgan fingerprint density at radius 2 is 2.06 bits per heavy atom. The topological polar surface area (TPSA) is 17.1 Å². The predicted molar refractivity (Wildman–Crippen MR) is 67.3 cm³/mol. The minimum absolute atomic E-state index is 0.314. The molecule has 0 fully saturated rings. The molecule has 82 valence electrons. The van der Waals surface area contributed by atoms with E-state index in [0.29, 0.717) is 18.1 Å². The van der Waals surface area contributed by atoms with Crippen LogP contribution in [-0.4, -0.2) is 5.78 Å².